The predicted molar refractivity (Wildman–Crippen MR) is 113 cm³/mol. The Morgan fingerprint density at radius 1 is 1.13 bits per heavy atom. The average molecular weight is 451 g/mol. The number of carbonyl (C=O) groups is 2. The predicted octanol–water partition coefficient (Wildman–Crippen LogP) is 3.55. The van der Waals surface area contributed by atoms with Crippen molar-refractivity contribution in [3.05, 3.63) is 59.2 Å². The third-order valence-electron chi connectivity index (χ3n) is 5.34. The van der Waals surface area contributed by atoms with Gasteiger partial charge >= 0.3 is 0 Å². The summed E-state index contributed by atoms with van der Waals surface area (Å²) in [6.07, 6.45) is 1.37. The molecule has 9 heteroatoms. The number of nitrogens with zero attached hydrogens (tertiary/aromatic N) is 2. The van der Waals surface area contributed by atoms with E-state index in [1.807, 2.05) is 0 Å². The van der Waals surface area contributed by atoms with Crippen molar-refractivity contribution in [3.63, 3.8) is 0 Å². The van der Waals surface area contributed by atoms with Crippen molar-refractivity contribution in [2.45, 2.75) is 37.5 Å². The minimum Gasteiger partial charge on any atom is -0.309 e. The maximum atomic E-state index is 14.3. The number of halogens is 2. The molecule has 3 rings (SSSR count). The zero-order valence-electron chi connectivity index (χ0n) is 17.4. The summed E-state index contributed by atoms with van der Waals surface area (Å²) in [6.45, 7) is 1.83. The molecular weight excluding hydrogens is 426 g/mol. The number of aryl methyl sites for hydroxylation is 1. The van der Waals surface area contributed by atoms with Crippen LogP contribution in [0, 0.1) is 11.6 Å². The fraction of sp³-hybridized carbons (Fsp3) is 0.364. The number of hydrogen-bond acceptors (Lipinski definition) is 4. The molecule has 1 aliphatic heterocycles. The average Bonchev–Trinajstić information content (AvgIpc) is 2.72. The van der Waals surface area contributed by atoms with Gasteiger partial charge in [-0.25, -0.2) is 21.5 Å². The summed E-state index contributed by atoms with van der Waals surface area (Å²) in [5.74, 6) is -1.93. The Hall–Kier alpha value is -2.65. The Morgan fingerprint density at radius 3 is 2.45 bits per heavy atom. The third kappa shape index (κ3) is 4.99. The van der Waals surface area contributed by atoms with Crippen LogP contribution in [0.5, 0.6) is 0 Å². The van der Waals surface area contributed by atoms with Crippen molar-refractivity contribution in [2.24, 2.45) is 0 Å². The van der Waals surface area contributed by atoms with Crippen molar-refractivity contribution in [3.8, 4) is 0 Å². The topological polar surface area (TPSA) is 74.8 Å². The van der Waals surface area contributed by atoms with Crippen LogP contribution in [0.25, 0.3) is 0 Å². The molecule has 0 N–H and O–H groups in total. The molecule has 0 saturated heterocycles. The third-order valence-corrected chi connectivity index (χ3v) is 7.21. The second kappa shape index (κ2) is 9.23. The van der Waals surface area contributed by atoms with Gasteiger partial charge < -0.3 is 4.90 Å². The van der Waals surface area contributed by atoms with Crippen molar-refractivity contribution >= 4 is 27.4 Å². The number of Topliss-reactive ketones (excluding diaryl/α,β-unsaturated/α-hetero) is 1. The summed E-state index contributed by atoms with van der Waals surface area (Å²) in [7, 11) is -2.35. The molecule has 1 heterocycles. The second-order valence-corrected chi connectivity index (χ2v) is 9.60. The van der Waals surface area contributed by atoms with Gasteiger partial charge in [-0.3, -0.25) is 9.59 Å². The molecule has 2 aromatic rings. The van der Waals surface area contributed by atoms with Gasteiger partial charge in [-0.1, -0.05) is 12.1 Å². The fourth-order valence-electron chi connectivity index (χ4n) is 3.65. The highest BCUT2D eigenvalue weighted by Crippen LogP contribution is 2.31. The van der Waals surface area contributed by atoms with Gasteiger partial charge in [0.25, 0.3) is 0 Å². The maximum Gasteiger partial charge on any atom is 0.242 e. The largest absolute Gasteiger partial charge is 0.309 e. The molecule has 0 atom stereocenters. The number of amides is 1. The molecule has 2 aromatic carbocycles. The lowest BCUT2D eigenvalue weighted by Gasteiger charge is -2.30. The fourth-order valence-corrected chi connectivity index (χ4v) is 4.86. The van der Waals surface area contributed by atoms with Gasteiger partial charge in [-0.2, -0.15) is 0 Å². The molecule has 6 nitrogen and oxygen atoms in total. The lowest BCUT2D eigenvalue weighted by molar-refractivity contribution is -0.118. The van der Waals surface area contributed by atoms with Crippen LogP contribution in [0.4, 0.5) is 14.5 Å². The van der Waals surface area contributed by atoms with Gasteiger partial charge in [-0.05, 0) is 49.9 Å². The minimum absolute atomic E-state index is 0.0272. The van der Waals surface area contributed by atoms with Crippen LogP contribution < -0.4 is 4.90 Å². The molecule has 0 aromatic heterocycles. The monoisotopic (exact) mass is 450 g/mol. The summed E-state index contributed by atoms with van der Waals surface area (Å²) in [5, 5.41) is 0. The van der Waals surface area contributed by atoms with Gasteiger partial charge in [0.15, 0.2) is 5.78 Å². The van der Waals surface area contributed by atoms with Crippen LogP contribution >= 0.6 is 0 Å². The molecule has 0 aliphatic carbocycles. The van der Waals surface area contributed by atoms with E-state index < -0.39 is 21.7 Å². The molecule has 0 spiro atoms. The van der Waals surface area contributed by atoms with Crippen LogP contribution in [0.15, 0.2) is 41.3 Å². The number of benzene rings is 2. The highest BCUT2D eigenvalue weighted by molar-refractivity contribution is 7.89. The first kappa shape index (κ1) is 23.0. The maximum absolute atomic E-state index is 14.3. The van der Waals surface area contributed by atoms with Crippen molar-refractivity contribution in [2.75, 3.05) is 25.0 Å². The van der Waals surface area contributed by atoms with E-state index in [1.165, 1.54) is 49.2 Å². The summed E-state index contributed by atoms with van der Waals surface area (Å²) in [4.78, 5) is 25.4. The highest BCUT2D eigenvalue weighted by atomic mass is 32.2. The van der Waals surface area contributed by atoms with E-state index >= 15 is 0 Å². The highest BCUT2D eigenvalue weighted by Gasteiger charge is 2.27. The lowest BCUT2D eigenvalue weighted by Crippen LogP contribution is -2.37. The summed E-state index contributed by atoms with van der Waals surface area (Å²) in [5.41, 5.74) is 0.996. The number of sulfonamides is 1. The Kier molecular flexibility index (Phi) is 6.86. The molecule has 166 valence electrons. The first-order valence-electron chi connectivity index (χ1n) is 9.97. The standard InChI is InChI=1S/C22H24F2N2O4S/c1-15(27)16-7-9-19(10-8-16)31(29,30)25(2)11-4-6-21(28)26-12-3-5-17-13-18(23)14-20(24)22(17)26/h7-10,13-14H,3-6,11-12H2,1-2H3. The summed E-state index contributed by atoms with van der Waals surface area (Å²) in [6, 6.07) is 7.67. The van der Waals surface area contributed by atoms with E-state index in [4.69, 9.17) is 0 Å². The zero-order valence-corrected chi connectivity index (χ0v) is 18.2. The first-order chi connectivity index (χ1) is 14.6. The van der Waals surface area contributed by atoms with Gasteiger partial charge in [0, 0.05) is 38.2 Å². The van der Waals surface area contributed by atoms with Crippen LogP contribution in [0.1, 0.15) is 42.1 Å². The number of anilines is 1. The van der Waals surface area contributed by atoms with E-state index in [1.54, 1.807) is 0 Å². The Labute approximate surface area is 180 Å². The summed E-state index contributed by atoms with van der Waals surface area (Å²) < 4.78 is 54.3. The molecule has 0 fully saturated rings. The van der Waals surface area contributed by atoms with Crippen molar-refractivity contribution in [1.29, 1.82) is 0 Å². The first-order valence-corrected chi connectivity index (χ1v) is 11.4. The Bertz CT molecular complexity index is 1100. The van der Waals surface area contributed by atoms with Crippen LogP contribution in [-0.2, 0) is 21.2 Å². The van der Waals surface area contributed by atoms with E-state index in [9.17, 15) is 26.8 Å². The SMILES string of the molecule is CC(=O)c1ccc(S(=O)(=O)N(C)CCCC(=O)N2CCCc3cc(F)cc(F)c32)cc1. The van der Waals surface area contributed by atoms with Crippen LogP contribution in [0.3, 0.4) is 0 Å². The second-order valence-electron chi connectivity index (χ2n) is 7.55. The molecule has 0 bridgehead atoms. The molecule has 0 unspecified atom stereocenters. The van der Waals surface area contributed by atoms with Crippen molar-refractivity contribution < 1.29 is 26.8 Å². The number of ketones is 1. The van der Waals surface area contributed by atoms with Gasteiger partial charge in [0.05, 0.1) is 10.6 Å². The molecule has 1 aliphatic rings. The number of rotatable bonds is 7. The minimum atomic E-state index is -3.77. The van der Waals surface area contributed by atoms with Gasteiger partial charge in [0.1, 0.15) is 11.6 Å². The molecule has 0 saturated carbocycles. The van der Waals surface area contributed by atoms with Gasteiger partial charge in [0.2, 0.25) is 15.9 Å². The number of carbonyl (C=O) groups excluding carboxylic acids is 2. The van der Waals surface area contributed by atoms with Crippen LogP contribution in [-0.4, -0.2) is 44.6 Å². The van der Waals surface area contributed by atoms with Gasteiger partial charge in [-0.15, -0.1) is 0 Å². The molecule has 1 amide bonds. The number of fused-ring (bicyclic) bond motifs is 1. The van der Waals surface area contributed by atoms with E-state index in [2.05, 4.69) is 0 Å². The zero-order chi connectivity index (χ0) is 22.8. The summed E-state index contributed by atoms with van der Waals surface area (Å²) >= 11 is 0. The molecule has 0 radical (unpaired) electrons. The van der Waals surface area contributed by atoms with E-state index in [-0.39, 0.29) is 41.7 Å². The normalized spacial score (nSPS) is 13.9. The molecular formula is C22H24F2N2O4S. The lowest BCUT2D eigenvalue weighted by atomic mass is 10.0. The number of hydrogen-bond donors (Lipinski definition) is 0. The van der Waals surface area contributed by atoms with Crippen LogP contribution in [0.2, 0.25) is 0 Å². The van der Waals surface area contributed by atoms with E-state index in [0.717, 1.165) is 10.4 Å². The Morgan fingerprint density at radius 2 is 1.81 bits per heavy atom. The molecule has 31 heavy (non-hydrogen) atoms. The van der Waals surface area contributed by atoms with E-state index in [0.29, 0.717) is 30.5 Å². The smallest absolute Gasteiger partial charge is 0.242 e. The quantitative estimate of drug-likeness (QED) is 0.605. The van der Waals surface area contributed by atoms with Crippen molar-refractivity contribution in [1.82, 2.24) is 4.31 Å². The Balaban J connectivity index is 1.63.